The van der Waals surface area contributed by atoms with Crippen LogP contribution in [0.4, 0.5) is 0 Å². The molecule has 1 heterocycles. The number of hydrogen-bond acceptors (Lipinski definition) is 4. The zero-order valence-electron chi connectivity index (χ0n) is 9.91. The van der Waals surface area contributed by atoms with E-state index in [1.807, 2.05) is 30.3 Å². The minimum atomic E-state index is -0.504. The van der Waals surface area contributed by atoms with Crippen molar-refractivity contribution in [1.29, 1.82) is 0 Å². The zero-order valence-corrected chi connectivity index (χ0v) is 9.91. The molecule has 3 atom stereocenters. The summed E-state index contributed by atoms with van der Waals surface area (Å²) >= 11 is 0. The summed E-state index contributed by atoms with van der Waals surface area (Å²) in [6.45, 7) is 0.918. The second kappa shape index (κ2) is 6.12. The first-order valence-corrected chi connectivity index (χ1v) is 5.77. The Labute approximate surface area is 101 Å². The highest BCUT2D eigenvalue weighted by molar-refractivity contribution is 5.13. The lowest BCUT2D eigenvalue weighted by molar-refractivity contribution is -0.134. The summed E-state index contributed by atoms with van der Waals surface area (Å²) in [4.78, 5) is 0. The van der Waals surface area contributed by atoms with Crippen LogP contribution in [0.5, 0.6) is 0 Å². The molecule has 0 spiro atoms. The van der Waals surface area contributed by atoms with Crippen molar-refractivity contribution in [3.8, 4) is 0 Å². The third-order valence-corrected chi connectivity index (χ3v) is 2.85. The van der Waals surface area contributed by atoms with Crippen molar-refractivity contribution in [2.75, 3.05) is 13.7 Å². The molecule has 0 bridgehead atoms. The molecule has 4 heteroatoms. The van der Waals surface area contributed by atoms with E-state index in [9.17, 15) is 5.11 Å². The Bertz CT molecular complexity index is 327. The standard InChI is InChI=1S/C13H18O4/c1-15-13-7-11(14)12(17-13)9-16-8-10-5-3-2-4-6-10/h2-6,11-14H,7-9H2,1H3. The average molecular weight is 238 g/mol. The minimum absolute atomic E-state index is 0.288. The van der Waals surface area contributed by atoms with E-state index >= 15 is 0 Å². The van der Waals surface area contributed by atoms with Crippen molar-refractivity contribution in [2.45, 2.75) is 31.5 Å². The molecule has 0 saturated carbocycles. The van der Waals surface area contributed by atoms with Crippen LogP contribution in [0.25, 0.3) is 0 Å². The Morgan fingerprint density at radius 2 is 2.12 bits per heavy atom. The fraction of sp³-hybridized carbons (Fsp3) is 0.538. The Morgan fingerprint density at radius 1 is 1.35 bits per heavy atom. The molecule has 0 aromatic heterocycles. The monoisotopic (exact) mass is 238 g/mol. The predicted octanol–water partition coefficient (Wildman–Crippen LogP) is 1.33. The number of hydrogen-bond donors (Lipinski definition) is 1. The molecule has 1 aliphatic heterocycles. The Balaban J connectivity index is 1.72. The summed E-state index contributed by atoms with van der Waals surface area (Å²) in [5, 5.41) is 9.70. The fourth-order valence-electron chi connectivity index (χ4n) is 1.86. The van der Waals surface area contributed by atoms with Crippen molar-refractivity contribution >= 4 is 0 Å². The molecule has 17 heavy (non-hydrogen) atoms. The van der Waals surface area contributed by atoms with E-state index < -0.39 is 6.10 Å². The summed E-state index contributed by atoms with van der Waals surface area (Å²) < 4.78 is 16.0. The van der Waals surface area contributed by atoms with Crippen molar-refractivity contribution in [2.24, 2.45) is 0 Å². The molecule has 1 aromatic rings. The van der Waals surface area contributed by atoms with E-state index in [1.165, 1.54) is 0 Å². The van der Waals surface area contributed by atoms with Gasteiger partial charge in [-0.15, -0.1) is 0 Å². The molecule has 1 fully saturated rings. The SMILES string of the molecule is COC1CC(O)C(COCc2ccccc2)O1. The number of benzene rings is 1. The van der Waals surface area contributed by atoms with Crippen LogP contribution < -0.4 is 0 Å². The second-order valence-electron chi connectivity index (χ2n) is 4.14. The lowest BCUT2D eigenvalue weighted by Crippen LogP contribution is -2.26. The van der Waals surface area contributed by atoms with Gasteiger partial charge in [-0.2, -0.15) is 0 Å². The Kier molecular flexibility index (Phi) is 4.50. The van der Waals surface area contributed by atoms with E-state index in [0.29, 0.717) is 19.6 Å². The van der Waals surface area contributed by atoms with Gasteiger partial charge in [0.2, 0.25) is 0 Å². The van der Waals surface area contributed by atoms with Crippen LogP contribution in [0.15, 0.2) is 30.3 Å². The maximum absolute atomic E-state index is 9.70. The Hall–Kier alpha value is -0.940. The Morgan fingerprint density at radius 3 is 2.76 bits per heavy atom. The lowest BCUT2D eigenvalue weighted by Gasteiger charge is -2.14. The molecule has 1 N–H and O–H groups in total. The quantitative estimate of drug-likeness (QED) is 0.840. The van der Waals surface area contributed by atoms with Gasteiger partial charge in [0.25, 0.3) is 0 Å². The molecule has 1 aromatic carbocycles. The highest BCUT2D eigenvalue weighted by Crippen LogP contribution is 2.21. The number of rotatable bonds is 5. The van der Waals surface area contributed by atoms with Crippen molar-refractivity contribution in [3.05, 3.63) is 35.9 Å². The van der Waals surface area contributed by atoms with E-state index in [0.717, 1.165) is 5.56 Å². The first-order chi connectivity index (χ1) is 8.29. The summed E-state index contributed by atoms with van der Waals surface area (Å²) in [5.41, 5.74) is 1.11. The first-order valence-electron chi connectivity index (χ1n) is 5.77. The van der Waals surface area contributed by atoms with Gasteiger partial charge in [-0.1, -0.05) is 30.3 Å². The van der Waals surface area contributed by atoms with Crippen LogP contribution in [0.1, 0.15) is 12.0 Å². The second-order valence-corrected chi connectivity index (χ2v) is 4.14. The van der Waals surface area contributed by atoms with Crippen LogP contribution in [0.3, 0.4) is 0 Å². The molecule has 1 saturated heterocycles. The molecule has 4 nitrogen and oxygen atoms in total. The smallest absolute Gasteiger partial charge is 0.160 e. The van der Waals surface area contributed by atoms with Gasteiger partial charge in [0.05, 0.1) is 19.3 Å². The van der Waals surface area contributed by atoms with Crippen LogP contribution in [-0.4, -0.2) is 37.3 Å². The minimum Gasteiger partial charge on any atom is -0.390 e. The molecule has 1 aliphatic rings. The van der Waals surface area contributed by atoms with Crippen LogP contribution in [-0.2, 0) is 20.8 Å². The van der Waals surface area contributed by atoms with Gasteiger partial charge >= 0.3 is 0 Å². The summed E-state index contributed by atoms with van der Waals surface area (Å²) in [7, 11) is 1.57. The van der Waals surface area contributed by atoms with E-state index in [2.05, 4.69) is 0 Å². The van der Waals surface area contributed by atoms with Crippen molar-refractivity contribution in [1.82, 2.24) is 0 Å². The third kappa shape index (κ3) is 3.51. The number of aliphatic hydroxyl groups is 1. The molecular weight excluding hydrogens is 220 g/mol. The highest BCUT2D eigenvalue weighted by atomic mass is 16.7. The number of aliphatic hydroxyl groups excluding tert-OH is 1. The summed E-state index contributed by atoms with van der Waals surface area (Å²) in [6.07, 6.45) is -0.592. The van der Waals surface area contributed by atoms with Gasteiger partial charge < -0.3 is 19.3 Å². The predicted molar refractivity (Wildman–Crippen MR) is 62.4 cm³/mol. The average Bonchev–Trinajstić information content (AvgIpc) is 2.72. The summed E-state index contributed by atoms with van der Waals surface area (Å²) in [5.74, 6) is 0. The maximum atomic E-state index is 9.70. The third-order valence-electron chi connectivity index (χ3n) is 2.85. The van der Waals surface area contributed by atoms with Gasteiger partial charge in [0, 0.05) is 13.5 Å². The molecule has 0 radical (unpaired) electrons. The van der Waals surface area contributed by atoms with E-state index in [-0.39, 0.29) is 12.4 Å². The normalized spacial score (nSPS) is 28.5. The van der Waals surface area contributed by atoms with Gasteiger partial charge in [0.1, 0.15) is 6.10 Å². The van der Waals surface area contributed by atoms with Gasteiger partial charge in [-0.05, 0) is 5.56 Å². The molecule has 3 unspecified atom stereocenters. The topological polar surface area (TPSA) is 47.9 Å². The van der Waals surface area contributed by atoms with Crippen molar-refractivity contribution in [3.63, 3.8) is 0 Å². The molecular formula is C13H18O4. The van der Waals surface area contributed by atoms with Gasteiger partial charge in [-0.3, -0.25) is 0 Å². The molecule has 0 amide bonds. The molecule has 2 rings (SSSR count). The zero-order chi connectivity index (χ0) is 12.1. The maximum Gasteiger partial charge on any atom is 0.160 e. The van der Waals surface area contributed by atoms with Crippen LogP contribution >= 0.6 is 0 Å². The summed E-state index contributed by atoms with van der Waals surface area (Å²) in [6, 6.07) is 9.92. The van der Waals surface area contributed by atoms with E-state index in [4.69, 9.17) is 14.2 Å². The van der Waals surface area contributed by atoms with Crippen molar-refractivity contribution < 1.29 is 19.3 Å². The van der Waals surface area contributed by atoms with Crippen LogP contribution in [0.2, 0.25) is 0 Å². The largest absolute Gasteiger partial charge is 0.390 e. The number of methoxy groups -OCH3 is 1. The molecule has 94 valence electrons. The van der Waals surface area contributed by atoms with Gasteiger partial charge in [0.15, 0.2) is 6.29 Å². The highest BCUT2D eigenvalue weighted by Gasteiger charge is 2.33. The lowest BCUT2D eigenvalue weighted by atomic mass is 10.2. The molecule has 0 aliphatic carbocycles. The van der Waals surface area contributed by atoms with Gasteiger partial charge in [-0.25, -0.2) is 0 Å². The van der Waals surface area contributed by atoms with Crippen LogP contribution in [0, 0.1) is 0 Å². The fourth-order valence-corrected chi connectivity index (χ4v) is 1.86. The first kappa shape index (κ1) is 12.5. The number of ether oxygens (including phenoxy) is 3. The van der Waals surface area contributed by atoms with E-state index in [1.54, 1.807) is 7.11 Å².